The molecule has 0 aliphatic rings. The van der Waals surface area contributed by atoms with Gasteiger partial charge in [0.15, 0.2) is 0 Å². The van der Waals surface area contributed by atoms with Gasteiger partial charge in [0.1, 0.15) is 17.2 Å². The van der Waals surface area contributed by atoms with Crippen molar-refractivity contribution in [2.75, 3.05) is 7.11 Å². The Morgan fingerprint density at radius 2 is 2.09 bits per heavy atom. The number of rotatable bonds is 4. The monoisotopic (exact) mass is 302 g/mol. The van der Waals surface area contributed by atoms with E-state index in [2.05, 4.69) is 4.98 Å². The van der Waals surface area contributed by atoms with E-state index in [1.165, 1.54) is 0 Å². The second-order valence-electron chi connectivity index (χ2n) is 6.21. The maximum absolute atomic E-state index is 11.9. The van der Waals surface area contributed by atoms with Crippen LogP contribution in [0.15, 0.2) is 30.7 Å². The third-order valence-corrected chi connectivity index (χ3v) is 3.01. The minimum Gasteiger partial charge on any atom is -0.496 e. The maximum Gasteiger partial charge on any atom is 0.310 e. The number of aromatic nitrogens is 2. The first-order chi connectivity index (χ1) is 10.3. The van der Waals surface area contributed by atoms with E-state index >= 15 is 0 Å². The van der Waals surface area contributed by atoms with Gasteiger partial charge in [-0.05, 0) is 39.3 Å². The Labute approximate surface area is 130 Å². The van der Waals surface area contributed by atoms with E-state index in [-0.39, 0.29) is 12.4 Å². The lowest BCUT2D eigenvalue weighted by atomic mass is 10.1. The first kappa shape index (κ1) is 16.1. The largest absolute Gasteiger partial charge is 0.496 e. The Morgan fingerprint density at radius 1 is 1.36 bits per heavy atom. The van der Waals surface area contributed by atoms with Crippen LogP contribution in [0.4, 0.5) is 0 Å². The zero-order valence-electron chi connectivity index (χ0n) is 13.7. The minimum absolute atomic E-state index is 0.137. The highest BCUT2D eigenvalue weighted by Crippen LogP contribution is 2.22. The summed E-state index contributed by atoms with van der Waals surface area (Å²) in [6.07, 6.45) is 5.71. The molecule has 0 atom stereocenters. The molecule has 0 radical (unpaired) electrons. The highest BCUT2D eigenvalue weighted by Gasteiger charge is 2.18. The molecular formula is C17H22N2O3. The molecule has 5 nitrogen and oxygen atoms in total. The zero-order valence-corrected chi connectivity index (χ0v) is 13.7. The van der Waals surface area contributed by atoms with Crippen LogP contribution in [0.5, 0.6) is 5.75 Å². The number of carbonyl (C=O) groups excluding carboxylic acids is 1. The van der Waals surface area contributed by atoms with E-state index in [1.54, 1.807) is 13.3 Å². The number of ether oxygens (including phenoxy) is 2. The molecule has 0 aliphatic carbocycles. The lowest BCUT2D eigenvalue weighted by molar-refractivity contribution is -0.153. The summed E-state index contributed by atoms with van der Waals surface area (Å²) in [7, 11) is 1.58. The number of esters is 1. The summed E-state index contributed by atoms with van der Waals surface area (Å²) in [5.41, 5.74) is 1.36. The number of nitrogens with zero attached hydrogens (tertiary/aromatic N) is 2. The number of methoxy groups -OCH3 is 1. The molecule has 0 spiro atoms. The number of carbonyl (C=O) groups is 1. The average Bonchev–Trinajstić information content (AvgIpc) is 2.83. The summed E-state index contributed by atoms with van der Waals surface area (Å²) in [4.78, 5) is 16.3. The van der Waals surface area contributed by atoms with Crippen LogP contribution in [0.3, 0.4) is 0 Å². The summed E-state index contributed by atoms with van der Waals surface area (Å²) in [5.74, 6) is 1.08. The predicted octanol–water partition coefficient (Wildman–Crippen LogP) is 3.07. The van der Waals surface area contributed by atoms with Crippen molar-refractivity contribution in [2.45, 2.75) is 39.7 Å². The molecule has 5 heteroatoms. The Morgan fingerprint density at radius 3 is 2.64 bits per heavy atom. The molecule has 2 aromatic rings. The fourth-order valence-corrected chi connectivity index (χ4v) is 2.10. The molecule has 0 aromatic carbocycles. The third-order valence-electron chi connectivity index (χ3n) is 3.01. The molecule has 0 bridgehead atoms. The van der Waals surface area contributed by atoms with Crippen LogP contribution in [-0.2, 0) is 16.0 Å². The summed E-state index contributed by atoms with van der Waals surface area (Å²) in [6, 6.07) is 3.82. The van der Waals surface area contributed by atoms with E-state index in [0.29, 0.717) is 11.3 Å². The van der Waals surface area contributed by atoms with Gasteiger partial charge in [-0.3, -0.25) is 4.79 Å². The van der Waals surface area contributed by atoms with Crippen molar-refractivity contribution in [3.05, 3.63) is 41.9 Å². The topological polar surface area (TPSA) is 53.4 Å². The lowest BCUT2D eigenvalue weighted by Crippen LogP contribution is -2.25. The molecule has 0 aliphatic heterocycles. The fraction of sp³-hybridized carbons (Fsp3) is 0.412. The highest BCUT2D eigenvalue weighted by molar-refractivity contribution is 5.74. The van der Waals surface area contributed by atoms with Gasteiger partial charge in [-0.1, -0.05) is 0 Å². The first-order valence-corrected chi connectivity index (χ1v) is 7.18. The van der Waals surface area contributed by atoms with Gasteiger partial charge in [-0.25, -0.2) is 4.98 Å². The van der Waals surface area contributed by atoms with E-state index < -0.39 is 5.60 Å². The third kappa shape index (κ3) is 4.10. The number of aryl methyl sites for hydroxylation is 1. The SMILES string of the molecule is COc1cc(-n2ccc(C)c2)ncc1CC(=O)OC(C)(C)C. The van der Waals surface area contributed by atoms with Gasteiger partial charge in [0, 0.05) is 30.2 Å². The van der Waals surface area contributed by atoms with Crippen molar-refractivity contribution in [3.8, 4) is 11.6 Å². The van der Waals surface area contributed by atoms with Gasteiger partial charge in [-0.15, -0.1) is 0 Å². The fourth-order valence-electron chi connectivity index (χ4n) is 2.10. The number of pyridine rings is 1. The Hall–Kier alpha value is -2.30. The molecule has 0 saturated carbocycles. The molecule has 0 amide bonds. The van der Waals surface area contributed by atoms with E-state index in [0.717, 1.165) is 11.4 Å². The lowest BCUT2D eigenvalue weighted by Gasteiger charge is -2.20. The molecule has 0 N–H and O–H groups in total. The first-order valence-electron chi connectivity index (χ1n) is 7.18. The van der Waals surface area contributed by atoms with Gasteiger partial charge < -0.3 is 14.0 Å². The zero-order chi connectivity index (χ0) is 16.3. The highest BCUT2D eigenvalue weighted by atomic mass is 16.6. The summed E-state index contributed by atoms with van der Waals surface area (Å²) in [6.45, 7) is 7.55. The molecular weight excluding hydrogens is 280 g/mol. The number of hydrogen-bond donors (Lipinski definition) is 0. The van der Waals surface area contributed by atoms with Crippen molar-refractivity contribution in [2.24, 2.45) is 0 Å². The van der Waals surface area contributed by atoms with Crippen molar-refractivity contribution < 1.29 is 14.3 Å². The van der Waals surface area contributed by atoms with Crippen molar-refractivity contribution in [3.63, 3.8) is 0 Å². The molecule has 22 heavy (non-hydrogen) atoms. The van der Waals surface area contributed by atoms with Gasteiger partial charge >= 0.3 is 5.97 Å². The van der Waals surface area contributed by atoms with Crippen molar-refractivity contribution >= 4 is 5.97 Å². The summed E-state index contributed by atoms with van der Waals surface area (Å²) in [5, 5.41) is 0. The van der Waals surface area contributed by atoms with Crippen LogP contribution >= 0.6 is 0 Å². The van der Waals surface area contributed by atoms with E-state index in [1.807, 2.05) is 56.8 Å². The average molecular weight is 302 g/mol. The molecule has 0 saturated heterocycles. The second-order valence-corrected chi connectivity index (χ2v) is 6.21. The van der Waals surface area contributed by atoms with Gasteiger partial charge in [0.25, 0.3) is 0 Å². The van der Waals surface area contributed by atoms with Crippen LogP contribution in [0.2, 0.25) is 0 Å². The van der Waals surface area contributed by atoms with Gasteiger partial charge in [-0.2, -0.15) is 0 Å². The minimum atomic E-state index is -0.500. The quantitative estimate of drug-likeness (QED) is 0.815. The van der Waals surface area contributed by atoms with Crippen molar-refractivity contribution in [1.29, 1.82) is 0 Å². The van der Waals surface area contributed by atoms with Crippen LogP contribution in [0.1, 0.15) is 31.9 Å². The standard InChI is InChI=1S/C17H22N2O3/c1-12-6-7-19(11-12)15-9-14(21-5)13(10-18-15)8-16(20)22-17(2,3)4/h6-7,9-11H,8H2,1-5H3. The molecule has 2 aromatic heterocycles. The van der Waals surface area contributed by atoms with Crippen LogP contribution < -0.4 is 4.74 Å². The molecule has 118 valence electrons. The van der Waals surface area contributed by atoms with E-state index in [9.17, 15) is 4.79 Å². The van der Waals surface area contributed by atoms with Crippen LogP contribution in [0, 0.1) is 6.92 Å². The molecule has 2 rings (SSSR count). The van der Waals surface area contributed by atoms with Gasteiger partial charge in [0.05, 0.1) is 13.5 Å². The smallest absolute Gasteiger partial charge is 0.310 e. The van der Waals surface area contributed by atoms with Crippen molar-refractivity contribution in [1.82, 2.24) is 9.55 Å². The van der Waals surface area contributed by atoms with Crippen LogP contribution in [-0.4, -0.2) is 28.2 Å². The summed E-state index contributed by atoms with van der Waals surface area (Å²) >= 11 is 0. The Balaban J connectivity index is 2.21. The molecule has 0 unspecified atom stereocenters. The second kappa shape index (κ2) is 6.22. The van der Waals surface area contributed by atoms with Gasteiger partial charge in [0.2, 0.25) is 0 Å². The predicted molar refractivity (Wildman–Crippen MR) is 84.4 cm³/mol. The van der Waals surface area contributed by atoms with E-state index in [4.69, 9.17) is 9.47 Å². The Kier molecular flexibility index (Phi) is 4.54. The molecule has 0 fully saturated rings. The number of hydrogen-bond acceptors (Lipinski definition) is 4. The van der Waals surface area contributed by atoms with Crippen LogP contribution in [0.25, 0.3) is 5.82 Å². The Bertz CT molecular complexity index is 669. The normalized spacial score (nSPS) is 11.3. The summed E-state index contributed by atoms with van der Waals surface area (Å²) < 4.78 is 12.6. The molecule has 2 heterocycles. The maximum atomic E-state index is 11.9.